The van der Waals surface area contributed by atoms with Crippen molar-refractivity contribution in [2.75, 3.05) is 6.54 Å². The Kier molecular flexibility index (Phi) is 6.40. The number of nitrogens with one attached hydrogen (secondary N) is 1. The SMILES string of the molecule is CCCNC(c1ccccc1)C(CC)Sc1ccoc1C. The monoisotopic (exact) mass is 303 g/mol. The van der Waals surface area contributed by atoms with E-state index in [1.54, 1.807) is 6.26 Å². The number of aryl methyl sites for hydroxylation is 1. The Morgan fingerprint density at radius 1 is 1.14 bits per heavy atom. The van der Waals surface area contributed by atoms with Crippen molar-refractivity contribution in [1.82, 2.24) is 5.32 Å². The quantitative estimate of drug-likeness (QED) is 0.679. The predicted octanol–water partition coefficient (Wildman–Crippen LogP) is 5.20. The van der Waals surface area contributed by atoms with Gasteiger partial charge in [-0.2, -0.15) is 0 Å². The van der Waals surface area contributed by atoms with Crippen molar-refractivity contribution < 1.29 is 4.42 Å². The van der Waals surface area contributed by atoms with Crippen molar-refractivity contribution in [3.8, 4) is 0 Å². The van der Waals surface area contributed by atoms with Crippen molar-refractivity contribution in [2.24, 2.45) is 0 Å². The first-order chi connectivity index (χ1) is 10.3. The van der Waals surface area contributed by atoms with Crippen LogP contribution < -0.4 is 5.32 Å². The molecule has 1 aromatic carbocycles. The van der Waals surface area contributed by atoms with E-state index in [-0.39, 0.29) is 0 Å². The molecular formula is C18H25NOS. The molecule has 0 bridgehead atoms. The van der Waals surface area contributed by atoms with Crippen LogP contribution in [0.3, 0.4) is 0 Å². The maximum atomic E-state index is 5.44. The van der Waals surface area contributed by atoms with Crippen LogP contribution in [0.1, 0.15) is 44.1 Å². The van der Waals surface area contributed by atoms with Gasteiger partial charge in [-0.3, -0.25) is 0 Å². The molecule has 2 rings (SSSR count). The minimum atomic E-state index is 0.371. The van der Waals surface area contributed by atoms with Gasteiger partial charge in [0.05, 0.1) is 6.26 Å². The van der Waals surface area contributed by atoms with Crippen molar-refractivity contribution in [3.63, 3.8) is 0 Å². The van der Waals surface area contributed by atoms with Crippen LogP contribution in [0.4, 0.5) is 0 Å². The fourth-order valence-corrected chi connectivity index (χ4v) is 3.70. The van der Waals surface area contributed by atoms with Crippen molar-refractivity contribution in [2.45, 2.75) is 49.8 Å². The third-order valence-corrected chi connectivity index (χ3v) is 5.22. The molecule has 0 saturated heterocycles. The molecular weight excluding hydrogens is 278 g/mol. The summed E-state index contributed by atoms with van der Waals surface area (Å²) in [6.45, 7) is 7.55. The number of hydrogen-bond donors (Lipinski definition) is 1. The first kappa shape index (κ1) is 16.2. The van der Waals surface area contributed by atoms with E-state index in [0.29, 0.717) is 11.3 Å². The Morgan fingerprint density at radius 3 is 2.48 bits per heavy atom. The maximum absolute atomic E-state index is 5.44. The van der Waals surface area contributed by atoms with Gasteiger partial charge in [-0.25, -0.2) is 0 Å². The van der Waals surface area contributed by atoms with Crippen molar-refractivity contribution in [1.29, 1.82) is 0 Å². The zero-order valence-electron chi connectivity index (χ0n) is 13.1. The van der Waals surface area contributed by atoms with Gasteiger partial charge in [-0.1, -0.05) is 44.2 Å². The second kappa shape index (κ2) is 8.30. The minimum Gasteiger partial charge on any atom is -0.468 e. The van der Waals surface area contributed by atoms with Gasteiger partial charge in [0, 0.05) is 16.2 Å². The van der Waals surface area contributed by atoms with Gasteiger partial charge in [0.25, 0.3) is 0 Å². The molecule has 21 heavy (non-hydrogen) atoms. The predicted molar refractivity (Wildman–Crippen MR) is 90.9 cm³/mol. The zero-order valence-corrected chi connectivity index (χ0v) is 14.0. The first-order valence-corrected chi connectivity index (χ1v) is 8.63. The van der Waals surface area contributed by atoms with E-state index in [2.05, 4.69) is 55.6 Å². The smallest absolute Gasteiger partial charge is 0.114 e. The van der Waals surface area contributed by atoms with Gasteiger partial charge in [0.15, 0.2) is 0 Å². The molecule has 2 atom stereocenters. The molecule has 0 fully saturated rings. The lowest BCUT2D eigenvalue weighted by Crippen LogP contribution is -2.30. The van der Waals surface area contributed by atoms with E-state index in [1.807, 2.05) is 18.7 Å². The van der Waals surface area contributed by atoms with Crippen molar-refractivity contribution in [3.05, 3.63) is 54.0 Å². The summed E-state index contributed by atoms with van der Waals surface area (Å²) in [6.07, 6.45) is 4.04. The van der Waals surface area contributed by atoms with Crippen LogP contribution in [0.2, 0.25) is 0 Å². The molecule has 1 heterocycles. The molecule has 0 radical (unpaired) electrons. The highest BCUT2D eigenvalue weighted by Crippen LogP contribution is 2.36. The Labute approximate surface area is 132 Å². The van der Waals surface area contributed by atoms with Gasteiger partial charge in [0.1, 0.15) is 5.76 Å². The number of thioether (sulfide) groups is 1. The standard InChI is InChI=1S/C18H25NOS/c1-4-12-19-18(15-9-7-6-8-10-15)16(5-2)21-17-11-13-20-14(17)3/h6-11,13,16,18-19H,4-5,12H2,1-3H3. The van der Waals surface area contributed by atoms with Crippen LogP contribution in [0.15, 0.2) is 52.0 Å². The highest BCUT2D eigenvalue weighted by Gasteiger charge is 2.23. The highest BCUT2D eigenvalue weighted by molar-refractivity contribution is 8.00. The molecule has 0 aliphatic carbocycles. The lowest BCUT2D eigenvalue weighted by molar-refractivity contribution is 0.503. The normalized spacial score (nSPS) is 14.0. The van der Waals surface area contributed by atoms with Crippen LogP contribution in [0.5, 0.6) is 0 Å². The molecule has 0 amide bonds. The molecule has 114 valence electrons. The fourth-order valence-electron chi connectivity index (χ4n) is 2.47. The van der Waals surface area contributed by atoms with E-state index in [4.69, 9.17) is 4.42 Å². The topological polar surface area (TPSA) is 25.2 Å². The number of benzene rings is 1. The van der Waals surface area contributed by atoms with Gasteiger partial charge < -0.3 is 9.73 Å². The van der Waals surface area contributed by atoms with Gasteiger partial charge in [-0.05, 0) is 37.9 Å². The molecule has 1 aromatic heterocycles. The molecule has 2 nitrogen and oxygen atoms in total. The Morgan fingerprint density at radius 2 is 1.90 bits per heavy atom. The van der Waals surface area contributed by atoms with Crippen molar-refractivity contribution >= 4 is 11.8 Å². The minimum absolute atomic E-state index is 0.371. The summed E-state index contributed by atoms with van der Waals surface area (Å²) in [7, 11) is 0. The zero-order chi connectivity index (χ0) is 15.1. The number of hydrogen-bond acceptors (Lipinski definition) is 3. The molecule has 2 aromatic rings. The molecule has 2 unspecified atom stereocenters. The van der Waals surface area contributed by atoms with Crippen LogP contribution in [-0.2, 0) is 0 Å². The van der Waals surface area contributed by atoms with Crippen LogP contribution in [0.25, 0.3) is 0 Å². The summed E-state index contributed by atoms with van der Waals surface area (Å²) < 4.78 is 5.44. The average Bonchev–Trinajstić information content (AvgIpc) is 2.92. The average molecular weight is 303 g/mol. The number of furan rings is 1. The Bertz CT molecular complexity index is 523. The van der Waals surface area contributed by atoms with Crippen LogP contribution in [0, 0.1) is 6.92 Å². The summed E-state index contributed by atoms with van der Waals surface area (Å²) >= 11 is 1.92. The summed E-state index contributed by atoms with van der Waals surface area (Å²) in [5.41, 5.74) is 1.37. The molecule has 0 aliphatic heterocycles. The van der Waals surface area contributed by atoms with Crippen LogP contribution in [-0.4, -0.2) is 11.8 Å². The summed E-state index contributed by atoms with van der Waals surface area (Å²) in [5.74, 6) is 1.01. The third-order valence-electron chi connectivity index (χ3n) is 3.64. The lowest BCUT2D eigenvalue weighted by Gasteiger charge is -2.27. The molecule has 0 aliphatic rings. The van der Waals surface area contributed by atoms with Crippen LogP contribution >= 0.6 is 11.8 Å². The lowest BCUT2D eigenvalue weighted by atomic mass is 10.0. The largest absolute Gasteiger partial charge is 0.468 e. The van der Waals surface area contributed by atoms with E-state index in [0.717, 1.165) is 25.1 Å². The molecule has 1 N–H and O–H groups in total. The summed E-state index contributed by atoms with van der Waals surface area (Å²) in [6, 6.07) is 13.2. The van der Waals surface area contributed by atoms with Gasteiger partial charge >= 0.3 is 0 Å². The number of rotatable bonds is 8. The molecule has 0 saturated carbocycles. The van der Waals surface area contributed by atoms with E-state index < -0.39 is 0 Å². The summed E-state index contributed by atoms with van der Waals surface area (Å²) in [4.78, 5) is 1.25. The van der Waals surface area contributed by atoms with E-state index in [1.165, 1.54) is 10.5 Å². The van der Waals surface area contributed by atoms with Gasteiger partial charge in [-0.15, -0.1) is 11.8 Å². The highest BCUT2D eigenvalue weighted by atomic mass is 32.2. The van der Waals surface area contributed by atoms with Gasteiger partial charge in [0.2, 0.25) is 0 Å². The first-order valence-electron chi connectivity index (χ1n) is 7.75. The third kappa shape index (κ3) is 4.39. The Balaban J connectivity index is 2.18. The van der Waals surface area contributed by atoms with E-state index in [9.17, 15) is 0 Å². The molecule has 3 heteroatoms. The molecule has 0 spiro atoms. The Hall–Kier alpha value is -1.19. The maximum Gasteiger partial charge on any atom is 0.114 e. The second-order valence-electron chi connectivity index (χ2n) is 5.25. The van der Waals surface area contributed by atoms with E-state index >= 15 is 0 Å². The summed E-state index contributed by atoms with van der Waals surface area (Å²) in [5, 5.41) is 4.21. The fraction of sp³-hybridized carbons (Fsp3) is 0.444. The second-order valence-corrected chi connectivity index (χ2v) is 6.53.